The third kappa shape index (κ3) is 3.52. The summed E-state index contributed by atoms with van der Waals surface area (Å²) in [5.74, 6) is 0.0888. The Morgan fingerprint density at radius 3 is 2.42 bits per heavy atom. The Labute approximate surface area is 121 Å². The van der Waals surface area contributed by atoms with Crippen LogP contribution in [-0.2, 0) is 6.18 Å². The second-order valence-corrected chi connectivity index (χ2v) is 5.06. The maximum absolute atomic E-state index is 12.9. The van der Waals surface area contributed by atoms with E-state index in [0.29, 0.717) is 5.75 Å². The fraction of sp³-hybridized carbons (Fsp3) is 0.0769. The van der Waals surface area contributed by atoms with Crippen molar-refractivity contribution in [2.24, 2.45) is 0 Å². The summed E-state index contributed by atoms with van der Waals surface area (Å²) >= 11 is 2.06. The van der Waals surface area contributed by atoms with Crippen molar-refractivity contribution in [1.29, 1.82) is 0 Å². The van der Waals surface area contributed by atoms with Crippen LogP contribution < -0.4 is 10.5 Å². The molecule has 0 saturated carbocycles. The van der Waals surface area contributed by atoms with Crippen LogP contribution in [-0.4, -0.2) is 0 Å². The first-order valence-corrected chi connectivity index (χ1v) is 6.34. The highest BCUT2D eigenvalue weighted by Gasteiger charge is 2.34. The highest BCUT2D eigenvalue weighted by atomic mass is 127. The van der Waals surface area contributed by atoms with Crippen LogP contribution in [0, 0.1) is 3.57 Å². The number of alkyl halides is 3. The third-order valence-electron chi connectivity index (χ3n) is 2.33. The number of anilines is 1. The second kappa shape index (κ2) is 5.28. The summed E-state index contributed by atoms with van der Waals surface area (Å²) in [6.07, 6.45) is -4.51. The number of ether oxygens (including phenoxy) is 1. The molecule has 0 amide bonds. The van der Waals surface area contributed by atoms with E-state index in [1.54, 1.807) is 18.2 Å². The van der Waals surface area contributed by atoms with Gasteiger partial charge in [0.25, 0.3) is 0 Å². The highest BCUT2D eigenvalue weighted by Crippen LogP contribution is 2.39. The van der Waals surface area contributed by atoms with E-state index in [1.165, 1.54) is 12.1 Å². The minimum Gasteiger partial charge on any atom is -0.457 e. The average molecular weight is 379 g/mol. The van der Waals surface area contributed by atoms with Crippen LogP contribution >= 0.6 is 22.6 Å². The lowest BCUT2D eigenvalue weighted by Crippen LogP contribution is -2.08. The van der Waals surface area contributed by atoms with Gasteiger partial charge < -0.3 is 10.5 Å². The molecule has 2 aromatic rings. The van der Waals surface area contributed by atoms with Gasteiger partial charge in [0.2, 0.25) is 0 Å². The quantitative estimate of drug-likeness (QED) is 0.607. The molecule has 0 fully saturated rings. The lowest BCUT2D eigenvalue weighted by Gasteiger charge is -2.14. The molecule has 0 unspecified atom stereocenters. The Balaban J connectivity index is 2.40. The maximum Gasteiger partial charge on any atom is 0.420 e. The van der Waals surface area contributed by atoms with Gasteiger partial charge in [-0.2, -0.15) is 13.2 Å². The molecule has 100 valence electrons. The molecule has 2 aromatic carbocycles. The second-order valence-electron chi connectivity index (χ2n) is 3.81. The van der Waals surface area contributed by atoms with Crippen LogP contribution in [0.25, 0.3) is 0 Å². The van der Waals surface area contributed by atoms with Crippen molar-refractivity contribution in [1.82, 2.24) is 0 Å². The molecule has 0 aliphatic heterocycles. The molecular weight excluding hydrogens is 370 g/mol. The van der Waals surface area contributed by atoms with E-state index in [9.17, 15) is 13.2 Å². The average Bonchev–Trinajstić information content (AvgIpc) is 2.30. The van der Waals surface area contributed by atoms with Crippen molar-refractivity contribution in [3.05, 3.63) is 51.6 Å². The van der Waals surface area contributed by atoms with E-state index in [1.807, 2.05) is 6.07 Å². The van der Waals surface area contributed by atoms with Crippen molar-refractivity contribution in [2.75, 3.05) is 5.73 Å². The van der Waals surface area contributed by atoms with Gasteiger partial charge in [-0.25, -0.2) is 0 Å². The topological polar surface area (TPSA) is 35.2 Å². The van der Waals surface area contributed by atoms with E-state index < -0.39 is 11.7 Å². The van der Waals surface area contributed by atoms with Crippen LogP contribution in [0.2, 0.25) is 0 Å². The first-order valence-electron chi connectivity index (χ1n) is 5.26. The summed E-state index contributed by atoms with van der Waals surface area (Å²) in [6.45, 7) is 0. The van der Waals surface area contributed by atoms with Crippen LogP contribution in [0.4, 0.5) is 18.9 Å². The number of hydrogen-bond donors (Lipinski definition) is 1. The van der Waals surface area contributed by atoms with Crippen molar-refractivity contribution in [2.45, 2.75) is 6.18 Å². The molecule has 19 heavy (non-hydrogen) atoms. The van der Waals surface area contributed by atoms with Gasteiger partial charge in [-0.05, 0) is 59.0 Å². The molecule has 0 aliphatic rings. The van der Waals surface area contributed by atoms with Crippen LogP contribution in [0.15, 0.2) is 42.5 Å². The van der Waals surface area contributed by atoms with Gasteiger partial charge in [0, 0.05) is 9.26 Å². The normalized spacial score (nSPS) is 11.4. The number of hydrogen-bond acceptors (Lipinski definition) is 2. The van der Waals surface area contributed by atoms with Crippen molar-refractivity contribution in [3.63, 3.8) is 0 Å². The minimum atomic E-state index is -4.51. The van der Waals surface area contributed by atoms with E-state index in [4.69, 9.17) is 10.5 Å². The van der Waals surface area contributed by atoms with Gasteiger partial charge >= 0.3 is 6.18 Å². The molecule has 0 saturated heterocycles. The first kappa shape index (κ1) is 14.0. The van der Waals surface area contributed by atoms with E-state index >= 15 is 0 Å². The minimum absolute atomic E-state index is 0.0438. The lowest BCUT2D eigenvalue weighted by molar-refractivity contribution is -0.138. The fourth-order valence-corrected chi connectivity index (χ4v) is 2.03. The number of rotatable bonds is 2. The molecule has 0 heterocycles. The molecule has 0 aliphatic carbocycles. The highest BCUT2D eigenvalue weighted by molar-refractivity contribution is 14.1. The Kier molecular flexibility index (Phi) is 3.88. The summed E-state index contributed by atoms with van der Waals surface area (Å²) in [6, 6.07) is 10.2. The van der Waals surface area contributed by atoms with Crippen LogP contribution in [0.5, 0.6) is 11.5 Å². The van der Waals surface area contributed by atoms with Gasteiger partial charge in [-0.1, -0.05) is 6.07 Å². The zero-order valence-corrected chi connectivity index (χ0v) is 11.7. The van der Waals surface area contributed by atoms with Crippen LogP contribution in [0.1, 0.15) is 5.56 Å². The lowest BCUT2D eigenvalue weighted by atomic mass is 10.1. The molecule has 0 spiro atoms. The zero-order chi connectivity index (χ0) is 14.0. The molecule has 0 aromatic heterocycles. The molecule has 2 N–H and O–H groups in total. The van der Waals surface area contributed by atoms with Gasteiger partial charge in [0.05, 0.1) is 0 Å². The summed E-state index contributed by atoms with van der Waals surface area (Å²) < 4.78 is 44.8. The van der Waals surface area contributed by atoms with Gasteiger partial charge in [-0.3, -0.25) is 0 Å². The largest absolute Gasteiger partial charge is 0.457 e. The summed E-state index contributed by atoms with van der Waals surface area (Å²) in [5, 5.41) is 0. The van der Waals surface area contributed by atoms with Crippen molar-refractivity contribution in [3.8, 4) is 11.5 Å². The number of nitrogen functional groups attached to an aromatic ring is 1. The van der Waals surface area contributed by atoms with Crippen LogP contribution in [0.3, 0.4) is 0 Å². The summed E-state index contributed by atoms with van der Waals surface area (Å²) in [4.78, 5) is 0. The molecular formula is C13H9F3INO. The molecule has 0 bridgehead atoms. The molecule has 0 radical (unpaired) electrons. The van der Waals surface area contributed by atoms with Gasteiger partial charge in [0.1, 0.15) is 17.1 Å². The monoisotopic (exact) mass is 379 g/mol. The molecule has 6 heteroatoms. The van der Waals surface area contributed by atoms with E-state index in [0.717, 1.165) is 9.64 Å². The number of halogens is 4. The fourth-order valence-electron chi connectivity index (χ4n) is 1.52. The molecule has 2 nitrogen and oxygen atoms in total. The number of nitrogens with two attached hydrogens (primary N) is 1. The third-order valence-corrected chi connectivity index (χ3v) is 3.00. The Morgan fingerprint density at radius 2 is 1.79 bits per heavy atom. The smallest absolute Gasteiger partial charge is 0.420 e. The molecule has 2 rings (SSSR count). The van der Waals surface area contributed by atoms with Crippen molar-refractivity contribution < 1.29 is 17.9 Å². The zero-order valence-electron chi connectivity index (χ0n) is 9.54. The Bertz CT molecular complexity index is 599. The first-order chi connectivity index (χ1) is 8.86. The Hall–Kier alpha value is -1.44. The van der Waals surface area contributed by atoms with Gasteiger partial charge in [-0.15, -0.1) is 0 Å². The van der Waals surface area contributed by atoms with E-state index in [2.05, 4.69) is 22.6 Å². The summed E-state index contributed by atoms with van der Waals surface area (Å²) in [7, 11) is 0. The Morgan fingerprint density at radius 1 is 1.05 bits per heavy atom. The summed E-state index contributed by atoms with van der Waals surface area (Å²) in [5.41, 5.74) is 4.55. The van der Waals surface area contributed by atoms with Crippen molar-refractivity contribution >= 4 is 28.3 Å². The standard InChI is InChI=1S/C13H9F3INO/c14-13(15,16)11-7-9(18)4-5-12(11)19-10-3-1-2-8(17)6-10/h1-7H,18H2. The maximum atomic E-state index is 12.9. The predicted octanol–water partition coefficient (Wildman–Crippen LogP) is 4.68. The molecule has 0 atom stereocenters. The van der Waals surface area contributed by atoms with Gasteiger partial charge in [0.15, 0.2) is 0 Å². The number of benzene rings is 2. The predicted molar refractivity (Wildman–Crippen MR) is 75.1 cm³/mol. The van der Waals surface area contributed by atoms with E-state index in [-0.39, 0.29) is 11.4 Å². The SMILES string of the molecule is Nc1ccc(Oc2cccc(I)c2)c(C(F)(F)F)c1.